The second-order valence-corrected chi connectivity index (χ2v) is 5.10. The molecule has 1 amide bonds. The summed E-state index contributed by atoms with van der Waals surface area (Å²) in [7, 11) is 0. The van der Waals surface area contributed by atoms with Crippen LogP contribution in [0.25, 0.3) is 10.8 Å². The van der Waals surface area contributed by atoms with E-state index in [0.717, 1.165) is 19.3 Å². The number of hydrogen-bond donors (Lipinski definition) is 1. The van der Waals surface area contributed by atoms with Gasteiger partial charge in [0.25, 0.3) is 5.91 Å². The minimum atomic E-state index is -0.294. The van der Waals surface area contributed by atoms with Crippen LogP contribution in [0.1, 0.15) is 29.6 Å². The second-order valence-electron chi connectivity index (χ2n) is 5.10. The van der Waals surface area contributed by atoms with Crippen LogP contribution in [0.2, 0.25) is 0 Å². The predicted octanol–water partition coefficient (Wildman–Crippen LogP) is 3.82. The van der Waals surface area contributed by atoms with Gasteiger partial charge in [-0.2, -0.15) is 0 Å². The van der Waals surface area contributed by atoms with E-state index in [1.807, 2.05) is 6.07 Å². The van der Waals surface area contributed by atoms with Crippen LogP contribution in [-0.4, -0.2) is 11.9 Å². The summed E-state index contributed by atoms with van der Waals surface area (Å²) in [6, 6.07) is 10.2. The van der Waals surface area contributed by atoms with E-state index in [4.69, 9.17) is 0 Å². The van der Waals surface area contributed by atoms with Crippen LogP contribution in [0, 0.1) is 5.82 Å². The third kappa shape index (κ3) is 2.44. The van der Waals surface area contributed by atoms with E-state index in [2.05, 4.69) is 17.5 Å². The summed E-state index contributed by atoms with van der Waals surface area (Å²) < 4.78 is 13.7. The number of halogens is 1. The number of hydrogen-bond acceptors (Lipinski definition) is 1. The summed E-state index contributed by atoms with van der Waals surface area (Å²) >= 11 is 0. The molecule has 20 heavy (non-hydrogen) atoms. The lowest BCUT2D eigenvalue weighted by molar-refractivity contribution is 0.0936. The Labute approximate surface area is 117 Å². The standard InChI is InChI=1S/C17H16FNO/c18-16-11-10-15(13-8-4-5-9-14(13)16)17(20)19-12-6-2-1-3-7-12/h1-2,4-5,8-12H,3,6-7H2,(H,19,20). The van der Waals surface area contributed by atoms with E-state index < -0.39 is 0 Å². The van der Waals surface area contributed by atoms with E-state index in [9.17, 15) is 9.18 Å². The zero-order chi connectivity index (χ0) is 13.9. The van der Waals surface area contributed by atoms with Gasteiger partial charge < -0.3 is 5.32 Å². The quantitative estimate of drug-likeness (QED) is 0.825. The van der Waals surface area contributed by atoms with Crippen molar-refractivity contribution in [1.29, 1.82) is 0 Å². The van der Waals surface area contributed by atoms with Crippen LogP contribution in [0.5, 0.6) is 0 Å². The molecule has 0 fully saturated rings. The van der Waals surface area contributed by atoms with Crippen molar-refractivity contribution in [3.05, 3.63) is 59.9 Å². The van der Waals surface area contributed by atoms with Gasteiger partial charge in [-0.05, 0) is 36.8 Å². The molecule has 0 aliphatic heterocycles. The molecule has 2 nitrogen and oxygen atoms in total. The van der Waals surface area contributed by atoms with E-state index in [1.54, 1.807) is 24.3 Å². The van der Waals surface area contributed by atoms with Gasteiger partial charge >= 0.3 is 0 Å². The Morgan fingerprint density at radius 1 is 1.10 bits per heavy atom. The Bertz CT molecular complexity index is 678. The maximum absolute atomic E-state index is 13.7. The van der Waals surface area contributed by atoms with Gasteiger partial charge in [0.05, 0.1) is 0 Å². The average Bonchev–Trinajstić information content (AvgIpc) is 2.49. The smallest absolute Gasteiger partial charge is 0.252 e. The highest BCUT2D eigenvalue weighted by atomic mass is 19.1. The van der Waals surface area contributed by atoms with E-state index in [1.165, 1.54) is 6.07 Å². The van der Waals surface area contributed by atoms with Crippen molar-refractivity contribution in [3.8, 4) is 0 Å². The molecule has 2 aromatic rings. The van der Waals surface area contributed by atoms with E-state index >= 15 is 0 Å². The van der Waals surface area contributed by atoms with Gasteiger partial charge in [-0.1, -0.05) is 36.4 Å². The Hall–Kier alpha value is -2.16. The highest BCUT2D eigenvalue weighted by Gasteiger charge is 2.16. The molecule has 0 radical (unpaired) electrons. The Kier molecular flexibility index (Phi) is 3.50. The number of carbonyl (C=O) groups is 1. The highest BCUT2D eigenvalue weighted by Crippen LogP contribution is 2.22. The molecule has 0 spiro atoms. The fourth-order valence-corrected chi connectivity index (χ4v) is 2.65. The fourth-order valence-electron chi connectivity index (χ4n) is 2.65. The Balaban J connectivity index is 1.91. The molecule has 1 atom stereocenters. The molecule has 1 unspecified atom stereocenters. The predicted molar refractivity (Wildman–Crippen MR) is 78.2 cm³/mol. The van der Waals surface area contributed by atoms with E-state index in [-0.39, 0.29) is 17.8 Å². The number of fused-ring (bicyclic) bond motifs is 1. The van der Waals surface area contributed by atoms with Gasteiger partial charge in [-0.3, -0.25) is 4.79 Å². The first-order valence-corrected chi connectivity index (χ1v) is 6.89. The molecule has 1 N–H and O–H groups in total. The summed E-state index contributed by atoms with van der Waals surface area (Å²) in [6.45, 7) is 0. The first-order valence-electron chi connectivity index (χ1n) is 6.89. The molecule has 1 aliphatic rings. The van der Waals surface area contributed by atoms with Crippen LogP contribution >= 0.6 is 0 Å². The number of carbonyl (C=O) groups excluding carboxylic acids is 1. The summed E-state index contributed by atoms with van der Waals surface area (Å²) in [5.41, 5.74) is 0.538. The summed E-state index contributed by atoms with van der Waals surface area (Å²) in [5.74, 6) is -0.417. The molecule has 3 rings (SSSR count). The van der Waals surface area contributed by atoms with Gasteiger partial charge in [0.1, 0.15) is 5.82 Å². The van der Waals surface area contributed by atoms with E-state index in [0.29, 0.717) is 16.3 Å². The molecule has 2 aromatic carbocycles. The van der Waals surface area contributed by atoms with Crippen molar-refractivity contribution in [1.82, 2.24) is 5.32 Å². The molecule has 0 saturated carbocycles. The van der Waals surface area contributed by atoms with Crippen LogP contribution in [-0.2, 0) is 0 Å². The second kappa shape index (κ2) is 5.45. The topological polar surface area (TPSA) is 29.1 Å². The molecule has 3 heteroatoms. The lowest BCUT2D eigenvalue weighted by Crippen LogP contribution is -2.35. The molecule has 0 bridgehead atoms. The van der Waals surface area contributed by atoms with Crippen molar-refractivity contribution >= 4 is 16.7 Å². The SMILES string of the molecule is O=C(NC1CC=CCC1)c1ccc(F)c2ccccc12. The van der Waals surface area contributed by atoms with Crippen LogP contribution in [0.3, 0.4) is 0 Å². The molecular weight excluding hydrogens is 253 g/mol. The van der Waals surface area contributed by atoms with Gasteiger partial charge in [0.15, 0.2) is 0 Å². The largest absolute Gasteiger partial charge is 0.349 e. The Morgan fingerprint density at radius 2 is 1.90 bits per heavy atom. The zero-order valence-electron chi connectivity index (χ0n) is 11.1. The van der Waals surface area contributed by atoms with Gasteiger partial charge in [0, 0.05) is 17.0 Å². The van der Waals surface area contributed by atoms with Gasteiger partial charge in [-0.15, -0.1) is 0 Å². The number of benzene rings is 2. The number of amides is 1. The van der Waals surface area contributed by atoms with Crippen molar-refractivity contribution in [2.24, 2.45) is 0 Å². The minimum Gasteiger partial charge on any atom is -0.349 e. The van der Waals surface area contributed by atoms with Crippen molar-refractivity contribution in [3.63, 3.8) is 0 Å². The molecule has 0 heterocycles. The third-order valence-electron chi connectivity index (χ3n) is 3.72. The Morgan fingerprint density at radius 3 is 2.65 bits per heavy atom. The van der Waals surface area contributed by atoms with Gasteiger partial charge in [0.2, 0.25) is 0 Å². The monoisotopic (exact) mass is 269 g/mol. The van der Waals surface area contributed by atoms with Crippen LogP contribution in [0.15, 0.2) is 48.6 Å². The minimum absolute atomic E-state index is 0.124. The summed E-state index contributed by atoms with van der Waals surface area (Å²) in [6.07, 6.45) is 7.05. The van der Waals surface area contributed by atoms with Crippen molar-refractivity contribution in [2.75, 3.05) is 0 Å². The van der Waals surface area contributed by atoms with Crippen molar-refractivity contribution < 1.29 is 9.18 Å². The third-order valence-corrected chi connectivity index (χ3v) is 3.72. The highest BCUT2D eigenvalue weighted by molar-refractivity contribution is 6.07. The summed E-state index contributed by atoms with van der Waals surface area (Å²) in [4.78, 5) is 12.4. The first kappa shape index (κ1) is 12.9. The normalized spacial score (nSPS) is 18.1. The van der Waals surface area contributed by atoms with Crippen LogP contribution < -0.4 is 5.32 Å². The van der Waals surface area contributed by atoms with Crippen molar-refractivity contribution in [2.45, 2.75) is 25.3 Å². The number of nitrogens with one attached hydrogen (secondary N) is 1. The lowest BCUT2D eigenvalue weighted by Gasteiger charge is -2.19. The molecule has 102 valence electrons. The van der Waals surface area contributed by atoms with Crippen LogP contribution in [0.4, 0.5) is 4.39 Å². The molecular formula is C17H16FNO. The maximum Gasteiger partial charge on any atom is 0.252 e. The molecule has 0 aromatic heterocycles. The van der Waals surface area contributed by atoms with Gasteiger partial charge in [-0.25, -0.2) is 4.39 Å². The first-order chi connectivity index (χ1) is 9.75. The maximum atomic E-state index is 13.7. The zero-order valence-corrected chi connectivity index (χ0v) is 11.1. The molecule has 1 aliphatic carbocycles. The lowest BCUT2D eigenvalue weighted by atomic mass is 10.00. The average molecular weight is 269 g/mol. The number of allylic oxidation sites excluding steroid dienone is 1. The number of rotatable bonds is 2. The fraction of sp³-hybridized carbons (Fsp3) is 0.235. The summed E-state index contributed by atoms with van der Waals surface area (Å²) in [5, 5.41) is 4.19. The molecule has 0 saturated heterocycles.